The van der Waals surface area contributed by atoms with Crippen molar-refractivity contribution in [3.8, 4) is 0 Å². The van der Waals surface area contributed by atoms with Gasteiger partial charge in [-0.15, -0.1) is 0 Å². The number of likely N-dealkylation sites (N-methyl/N-ethyl adjacent to an activating group) is 1. The van der Waals surface area contributed by atoms with Crippen LogP contribution in [-0.2, 0) is 16.1 Å². The van der Waals surface area contributed by atoms with Gasteiger partial charge in [-0.3, -0.25) is 4.79 Å². The molecule has 2 amide bonds. The van der Waals surface area contributed by atoms with Crippen LogP contribution in [-0.4, -0.2) is 53.5 Å². The van der Waals surface area contributed by atoms with Crippen LogP contribution in [0.4, 0.5) is 4.79 Å². The summed E-state index contributed by atoms with van der Waals surface area (Å²) in [4.78, 5) is 28.6. The molecule has 144 valence electrons. The first-order valence-corrected chi connectivity index (χ1v) is 9.45. The number of ether oxygens (including phenoxy) is 1. The number of rotatable bonds is 6. The lowest BCUT2D eigenvalue weighted by atomic mass is 10.00. The van der Waals surface area contributed by atoms with Crippen molar-refractivity contribution in [1.82, 2.24) is 9.80 Å². The highest BCUT2D eigenvalue weighted by Gasteiger charge is 2.33. The van der Waals surface area contributed by atoms with Gasteiger partial charge in [0.25, 0.3) is 0 Å². The van der Waals surface area contributed by atoms with E-state index in [0.29, 0.717) is 19.6 Å². The Morgan fingerprint density at radius 1 is 1.31 bits per heavy atom. The van der Waals surface area contributed by atoms with E-state index in [4.69, 9.17) is 10.5 Å². The fourth-order valence-corrected chi connectivity index (χ4v) is 3.26. The van der Waals surface area contributed by atoms with E-state index in [1.807, 2.05) is 56.0 Å². The largest absolute Gasteiger partial charge is 0.445 e. The molecular weight excluding hydrogens is 330 g/mol. The van der Waals surface area contributed by atoms with E-state index in [2.05, 4.69) is 0 Å². The summed E-state index contributed by atoms with van der Waals surface area (Å²) in [6.45, 7) is 7.86. The molecule has 1 fully saturated rings. The Morgan fingerprint density at radius 2 is 2.00 bits per heavy atom. The molecule has 0 radical (unpaired) electrons. The summed E-state index contributed by atoms with van der Waals surface area (Å²) in [6.07, 6.45) is 1.41. The minimum absolute atomic E-state index is 0.00433. The molecule has 0 unspecified atom stereocenters. The second-order valence-electron chi connectivity index (χ2n) is 7.18. The molecule has 1 aliphatic rings. The summed E-state index contributed by atoms with van der Waals surface area (Å²) in [5.41, 5.74) is 7.01. The number of hydrogen-bond acceptors (Lipinski definition) is 4. The van der Waals surface area contributed by atoms with Crippen LogP contribution in [0.5, 0.6) is 0 Å². The lowest BCUT2D eigenvalue weighted by Gasteiger charge is -2.39. The maximum Gasteiger partial charge on any atom is 0.410 e. The number of nitrogens with zero attached hydrogens (tertiary/aromatic N) is 2. The van der Waals surface area contributed by atoms with Gasteiger partial charge in [0.1, 0.15) is 6.61 Å². The smallest absolute Gasteiger partial charge is 0.410 e. The van der Waals surface area contributed by atoms with Gasteiger partial charge in [-0.05, 0) is 31.2 Å². The zero-order valence-electron chi connectivity index (χ0n) is 16.1. The van der Waals surface area contributed by atoms with Crippen molar-refractivity contribution >= 4 is 12.0 Å². The molecule has 2 atom stereocenters. The first-order valence-electron chi connectivity index (χ1n) is 9.45. The van der Waals surface area contributed by atoms with Crippen molar-refractivity contribution in [3.63, 3.8) is 0 Å². The van der Waals surface area contributed by atoms with Crippen LogP contribution in [0.25, 0.3) is 0 Å². The lowest BCUT2D eigenvalue weighted by Crippen LogP contribution is -2.56. The Bertz CT molecular complexity index is 591. The minimum Gasteiger partial charge on any atom is -0.445 e. The predicted molar refractivity (Wildman–Crippen MR) is 101 cm³/mol. The summed E-state index contributed by atoms with van der Waals surface area (Å²) in [5, 5.41) is 0. The second-order valence-corrected chi connectivity index (χ2v) is 7.18. The maximum atomic E-state index is 12.7. The van der Waals surface area contributed by atoms with Crippen LogP contribution in [0.3, 0.4) is 0 Å². The monoisotopic (exact) mass is 361 g/mol. The number of hydrogen-bond donors (Lipinski definition) is 1. The van der Waals surface area contributed by atoms with Crippen molar-refractivity contribution in [1.29, 1.82) is 0 Å². The quantitative estimate of drug-likeness (QED) is 0.845. The van der Waals surface area contributed by atoms with Crippen molar-refractivity contribution < 1.29 is 14.3 Å². The third-order valence-electron chi connectivity index (χ3n) is 4.93. The number of carbonyl (C=O) groups excluding carboxylic acids is 2. The van der Waals surface area contributed by atoms with Gasteiger partial charge in [-0.25, -0.2) is 4.79 Å². The Labute approximate surface area is 156 Å². The number of nitrogens with two attached hydrogens (primary N) is 1. The first-order chi connectivity index (χ1) is 12.4. The van der Waals surface area contributed by atoms with Crippen LogP contribution in [0.1, 0.15) is 39.2 Å². The van der Waals surface area contributed by atoms with Crippen LogP contribution in [0.15, 0.2) is 30.3 Å². The molecule has 6 nitrogen and oxygen atoms in total. The van der Waals surface area contributed by atoms with Crippen LogP contribution >= 0.6 is 0 Å². The average molecular weight is 361 g/mol. The highest BCUT2D eigenvalue weighted by atomic mass is 16.6. The van der Waals surface area contributed by atoms with Crippen LogP contribution in [0, 0.1) is 5.92 Å². The van der Waals surface area contributed by atoms with Gasteiger partial charge >= 0.3 is 6.09 Å². The molecule has 0 aromatic heterocycles. The molecule has 1 saturated heterocycles. The maximum absolute atomic E-state index is 12.7. The number of piperidine rings is 1. The van der Waals surface area contributed by atoms with E-state index in [1.54, 1.807) is 4.90 Å². The molecule has 0 bridgehead atoms. The molecule has 1 aromatic rings. The standard InChI is InChI=1S/C20H31N3O3/c1-4-23(19(24)18(21)15(2)3)17-11-8-12-22(13-17)20(25)26-14-16-9-6-5-7-10-16/h5-7,9-10,15,17-18H,4,8,11-14,21H2,1-3H3/t17-,18-/m0/s1. The second kappa shape index (κ2) is 9.57. The van der Waals surface area contributed by atoms with Crippen molar-refractivity contribution in [2.45, 2.75) is 52.3 Å². The van der Waals surface area contributed by atoms with Crippen LogP contribution in [0.2, 0.25) is 0 Å². The first kappa shape index (κ1) is 20.2. The van der Waals surface area contributed by atoms with E-state index in [9.17, 15) is 9.59 Å². The van der Waals surface area contributed by atoms with Gasteiger partial charge in [0, 0.05) is 25.7 Å². The molecule has 0 saturated carbocycles. The summed E-state index contributed by atoms with van der Waals surface area (Å²) in [7, 11) is 0. The molecule has 1 heterocycles. The molecule has 6 heteroatoms. The van der Waals surface area contributed by atoms with Crippen molar-refractivity contribution in [3.05, 3.63) is 35.9 Å². The van der Waals surface area contributed by atoms with E-state index < -0.39 is 6.04 Å². The van der Waals surface area contributed by atoms with Gasteiger partial charge in [-0.1, -0.05) is 44.2 Å². The Kier molecular flexibility index (Phi) is 7.45. The molecule has 0 aliphatic carbocycles. The van der Waals surface area contributed by atoms with E-state index in [1.165, 1.54) is 0 Å². The van der Waals surface area contributed by atoms with Crippen molar-refractivity contribution in [2.75, 3.05) is 19.6 Å². The highest BCUT2D eigenvalue weighted by molar-refractivity contribution is 5.82. The van der Waals surface area contributed by atoms with E-state index in [0.717, 1.165) is 18.4 Å². The summed E-state index contributed by atoms with van der Waals surface area (Å²) >= 11 is 0. The topological polar surface area (TPSA) is 75.9 Å². The van der Waals surface area contributed by atoms with Gasteiger partial charge in [-0.2, -0.15) is 0 Å². The molecular formula is C20H31N3O3. The van der Waals surface area contributed by atoms with E-state index in [-0.39, 0.29) is 30.6 Å². The zero-order chi connectivity index (χ0) is 19.1. The third kappa shape index (κ3) is 5.21. The molecule has 26 heavy (non-hydrogen) atoms. The normalized spacial score (nSPS) is 18.5. The number of carbonyl (C=O) groups is 2. The third-order valence-corrected chi connectivity index (χ3v) is 4.93. The van der Waals surface area contributed by atoms with Gasteiger partial charge in [0.05, 0.1) is 6.04 Å². The molecule has 0 spiro atoms. The molecule has 1 aliphatic heterocycles. The van der Waals surface area contributed by atoms with Gasteiger partial charge < -0.3 is 20.3 Å². The number of likely N-dealkylation sites (tertiary alicyclic amines) is 1. The SMILES string of the molecule is CCN(C(=O)[C@@H](N)C(C)C)[C@H]1CCCN(C(=O)OCc2ccccc2)C1. The molecule has 2 N–H and O–H groups in total. The zero-order valence-corrected chi connectivity index (χ0v) is 16.1. The molecule has 1 aromatic carbocycles. The summed E-state index contributed by atoms with van der Waals surface area (Å²) < 4.78 is 5.43. The fourth-order valence-electron chi connectivity index (χ4n) is 3.26. The van der Waals surface area contributed by atoms with Gasteiger partial charge in [0.15, 0.2) is 0 Å². The minimum atomic E-state index is -0.504. The highest BCUT2D eigenvalue weighted by Crippen LogP contribution is 2.19. The molecule has 2 rings (SSSR count). The van der Waals surface area contributed by atoms with Crippen molar-refractivity contribution in [2.24, 2.45) is 11.7 Å². The number of amides is 2. The number of benzene rings is 1. The lowest BCUT2D eigenvalue weighted by molar-refractivity contribution is -0.136. The fraction of sp³-hybridized carbons (Fsp3) is 0.600. The summed E-state index contributed by atoms with van der Waals surface area (Å²) in [6, 6.07) is 9.11. The Balaban J connectivity index is 1.94. The van der Waals surface area contributed by atoms with Crippen LogP contribution < -0.4 is 5.73 Å². The Morgan fingerprint density at radius 3 is 2.62 bits per heavy atom. The van der Waals surface area contributed by atoms with Gasteiger partial charge in [0.2, 0.25) is 5.91 Å². The Hall–Kier alpha value is -2.08. The van der Waals surface area contributed by atoms with E-state index >= 15 is 0 Å². The average Bonchev–Trinajstić information content (AvgIpc) is 2.67. The summed E-state index contributed by atoms with van der Waals surface area (Å²) in [5.74, 6) is 0.0547. The predicted octanol–water partition coefficient (Wildman–Crippen LogP) is 2.62.